The van der Waals surface area contributed by atoms with Crippen LogP contribution in [0.25, 0.3) is 0 Å². The van der Waals surface area contributed by atoms with Crippen LogP contribution in [0.2, 0.25) is 0 Å². The fraction of sp³-hybridized carbons (Fsp3) is 0.143. The Hall–Kier alpha value is -1.28. The van der Waals surface area contributed by atoms with Gasteiger partial charge in [0.2, 0.25) is 0 Å². The Morgan fingerprint density at radius 3 is 2.35 bits per heavy atom. The van der Waals surface area contributed by atoms with Gasteiger partial charge in [-0.2, -0.15) is 0 Å². The van der Waals surface area contributed by atoms with Crippen molar-refractivity contribution in [1.82, 2.24) is 0 Å². The Bertz CT molecular complexity index is 712. The number of hydrogen-bond donors (Lipinski definition) is 1. The second-order valence-corrected chi connectivity index (χ2v) is 7.16. The third-order valence-electron chi connectivity index (χ3n) is 2.71. The number of halogens is 1. The molecule has 0 saturated carbocycles. The van der Waals surface area contributed by atoms with E-state index < -0.39 is 10.0 Å². The summed E-state index contributed by atoms with van der Waals surface area (Å²) in [4.78, 5) is 0.138. The molecule has 0 atom stereocenters. The van der Waals surface area contributed by atoms with Crippen molar-refractivity contribution in [2.24, 2.45) is 0 Å². The van der Waals surface area contributed by atoms with Crippen LogP contribution in [0.5, 0.6) is 5.75 Å². The van der Waals surface area contributed by atoms with E-state index in [0.29, 0.717) is 11.4 Å². The first kappa shape index (κ1) is 15.1. The molecule has 4 nitrogen and oxygen atoms in total. The second kappa shape index (κ2) is 6.01. The summed E-state index contributed by atoms with van der Waals surface area (Å²) in [5, 5.41) is 0. The third kappa shape index (κ3) is 3.43. The third-order valence-corrected chi connectivity index (χ3v) is 4.83. The molecule has 2 aromatic rings. The number of sulfonamides is 1. The van der Waals surface area contributed by atoms with E-state index in [4.69, 9.17) is 4.74 Å². The van der Waals surface area contributed by atoms with Crippen LogP contribution >= 0.6 is 22.6 Å². The first-order valence-corrected chi connectivity index (χ1v) is 8.41. The van der Waals surface area contributed by atoms with Gasteiger partial charge < -0.3 is 4.74 Å². The van der Waals surface area contributed by atoms with E-state index in [-0.39, 0.29) is 4.90 Å². The molecule has 0 heterocycles. The predicted octanol–water partition coefficient (Wildman–Crippen LogP) is 3.41. The largest absolute Gasteiger partial charge is 0.495 e. The molecule has 0 saturated heterocycles. The van der Waals surface area contributed by atoms with Crippen molar-refractivity contribution in [1.29, 1.82) is 0 Å². The van der Waals surface area contributed by atoms with Gasteiger partial charge in [0.1, 0.15) is 10.6 Å². The highest BCUT2D eigenvalue weighted by atomic mass is 127. The molecule has 0 unspecified atom stereocenters. The topological polar surface area (TPSA) is 55.4 Å². The molecule has 0 aliphatic heterocycles. The molecule has 1 N–H and O–H groups in total. The van der Waals surface area contributed by atoms with Crippen LogP contribution in [0.15, 0.2) is 47.4 Å². The molecule has 0 aromatic heterocycles. The van der Waals surface area contributed by atoms with Crippen LogP contribution in [-0.4, -0.2) is 15.5 Å². The lowest BCUT2D eigenvalue weighted by Gasteiger charge is -2.12. The first-order valence-electron chi connectivity index (χ1n) is 5.85. The minimum atomic E-state index is -3.67. The number of anilines is 1. The second-order valence-electron chi connectivity index (χ2n) is 4.27. The Kier molecular flexibility index (Phi) is 4.54. The van der Waals surface area contributed by atoms with Crippen molar-refractivity contribution in [2.75, 3.05) is 11.8 Å². The van der Waals surface area contributed by atoms with Gasteiger partial charge in [-0.1, -0.05) is 6.07 Å². The van der Waals surface area contributed by atoms with E-state index >= 15 is 0 Å². The zero-order chi connectivity index (χ0) is 14.8. The van der Waals surface area contributed by atoms with Crippen molar-refractivity contribution in [2.45, 2.75) is 11.8 Å². The molecular formula is C14H14INO3S. The molecular weight excluding hydrogens is 389 g/mol. The number of hydrogen-bond acceptors (Lipinski definition) is 3. The van der Waals surface area contributed by atoms with E-state index in [1.165, 1.54) is 7.11 Å². The minimum Gasteiger partial charge on any atom is -0.495 e. The lowest BCUT2D eigenvalue weighted by atomic mass is 10.2. The van der Waals surface area contributed by atoms with Crippen molar-refractivity contribution < 1.29 is 13.2 Å². The highest BCUT2D eigenvalue weighted by molar-refractivity contribution is 14.1. The quantitative estimate of drug-likeness (QED) is 0.797. The average Bonchev–Trinajstić information content (AvgIpc) is 2.41. The van der Waals surface area contributed by atoms with Gasteiger partial charge in [-0.25, -0.2) is 8.42 Å². The minimum absolute atomic E-state index is 0.138. The number of methoxy groups -OCH3 is 1. The average molecular weight is 403 g/mol. The van der Waals surface area contributed by atoms with Crippen LogP contribution in [0.1, 0.15) is 5.56 Å². The predicted molar refractivity (Wildman–Crippen MR) is 87.7 cm³/mol. The Labute approximate surface area is 132 Å². The first-order chi connectivity index (χ1) is 9.42. The molecule has 0 amide bonds. The lowest BCUT2D eigenvalue weighted by molar-refractivity contribution is 0.402. The molecule has 0 spiro atoms. The maximum Gasteiger partial charge on any atom is 0.265 e. The van der Waals surface area contributed by atoms with Crippen LogP contribution in [0, 0.1) is 10.5 Å². The zero-order valence-corrected chi connectivity index (χ0v) is 14.0. The number of rotatable bonds is 4. The Balaban J connectivity index is 2.40. The van der Waals surface area contributed by atoms with E-state index in [1.807, 2.05) is 25.1 Å². The fourth-order valence-electron chi connectivity index (χ4n) is 1.72. The van der Waals surface area contributed by atoms with Gasteiger partial charge in [0.15, 0.2) is 0 Å². The van der Waals surface area contributed by atoms with Gasteiger partial charge in [-0.3, -0.25) is 4.72 Å². The Morgan fingerprint density at radius 1 is 1.10 bits per heavy atom. The lowest BCUT2D eigenvalue weighted by Crippen LogP contribution is -2.14. The summed E-state index contributed by atoms with van der Waals surface area (Å²) < 4.78 is 33.6. The molecule has 0 aliphatic carbocycles. The van der Waals surface area contributed by atoms with Gasteiger partial charge in [0.05, 0.1) is 7.11 Å². The summed E-state index contributed by atoms with van der Waals surface area (Å²) in [5.41, 5.74) is 1.38. The standard InChI is InChI=1S/C14H14INO3S/c1-10-3-8-13(19-2)14(9-10)20(17,18)16-12-6-4-11(15)5-7-12/h3-9,16H,1-2H3. The van der Waals surface area contributed by atoms with Crippen molar-refractivity contribution in [3.8, 4) is 5.75 Å². The van der Waals surface area contributed by atoms with Gasteiger partial charge in [0, 0.05) is 9.26 Å². The van der Waals surface area contributed by atoms with Gasteiger partial charge in [-0.15, -0.1) is 0 Å². The van der Waals surface area contributed by atoms with E-state index in [0.717, 1.165) is 9.13 Å². The van der Waals surface area contributed by atoms with Crippen LogP contribution in [0.4, 0.5) is 5.69 Å². The number of aryl methyl sites for hydroxylation is 1. The highest BCUT2D eigenvalue weighted by Crippen LogP contribution is 2.26. The maximum absolute atomic E-state index is 12.4. The molecule has 0 radical (unpaired) electrons. The van der Waals surface area contributed by atoms with Crippen LogP contribution in [0.3, 0.4) is 0 Å². The van der Waals surface area contributed by atoms with Gasteiger partial charge in [-0.05, 0) is 71.5 Å². The maximum atomic E-state index is 12.4. The number of nitrogens with one attached hydrogen (secondary N) is 1. The summed E-state index contributed by atoms with van der Waals surface area (Å²) >= 11 is 2.16. The highest BCUT2D eigenvalue weighted by Gasteiger charge is 2.19. The molecule has 6 heteroatoms. The molecule has 0 bridgehead atoms. The molecule has 2 aromatic carbocycles. The molecule has 0 aliphatic rings. The fourth-order valence-corrected chi connectivity index (χ4v) is 3.40. The van der Waals surface area contributed by atoms with E-state index in [1.54, 1.807) is 24.3 Å². The normalized spacial score (nSPS) is 11.2. The van der Waals surface area contributed by atoms with Gasteiger partial charge >= 0.3 is 0 Å². The smallest absolute Gasteiger partial charge is 0.265 e. The summed E-state index contributed by atoms with van der Waals surface area (Å²) in [6.07, 6.45) is 0. The molecule has 0 fully saturated rings. The van der Waals surface area contributed by atoms with Crippen LogP contribution in [-0.2, 0) is 10.0 Å². The van der Waals surface area contributed by atoms with Gasteiger partial charge in [0.25, 0.3) is 10.0 Å². The monoisotopic (exact) mass is 403 g/mol. The van der Waals surface area contributed by atoms with Crippen molar-refractivity contribution in [3.05, 3.63) is 51.6 Å². The zero-order valence-electron chi connectivity index (χ0n) is 11.1. The Morgan fingerprint density at radius 2 is 1.75 bits per heavy atom. The van der Waals surface area contributed by atoms with Crippen molar-refractivity contribution >= 4 is 38.3 Å². The summed E-state index contributed by atoms with van der Waals surface area (Å²) in [6.45, 7) is 1.84. The number of benzene rings is 2. The molecule has 20 heavy (non-hydrogen) atoms. The number of ether oxygens (including phenoxy) is 1. The molecule has 106 valence electrons. The molecule has 2 rings (SSSR count). The SMILES string of the molecule is COc1ccc(C)cc1S(=O)(=O)Nc1ccc(I)cc1. The van der Waals surface area contributed by atoms with Crippen molar-refractivity contribution in [3.63, 3.8) is 0 Å². The van der Waals surface area contributed by atoms with E-state index in [9.17, 15) is 8.42 Å². The summed E-state index contributed by atoms with van der Waals surface area (Å²) in [7, 11) is -2.22. The summed E-state index contributed by atoms with van der Waals surface area (Å²) in [6, 6.07) is 12.2. The summed E-state index contributed by atoms with van der Waals surface area (Å²) in [5.74, 6) is 0.327. The van der Waals surface area contributed by atoms with E-state index in [2.05, 4.69) is 27.3 Å². The van der Waals surface area contributed by atoms with Crippen LogP contribution < -0.4 is 9.46 Å².